The van der Waals surface area contributed by atoms with Crippen LogP contribution in [-0.2, 0) is 0 Å². The topological polar surface area (TPSA) is 62.5 Å². The molecule has 88 valence electrons. The van der Waals surface area contributed by atoms with E-state index in [0.717, 1.165) is 11.3 Å². The zero-order chi connectivity index (χ0) is 12.7. The van der Waals surface area contributed by atoms with Crippen molar-refractivity contribution in [2.24, 2.45) is 0 Å². The second kappa shape index (κ2) is 4.17. The number of phenols is 2. The van der Waals surface area contributed by atoms with E-state index < -0.39 is 0 Å². The SMILES string of the molecule is CC(=O)n1c(=S)sc(=S)c2c(O)cc(O)cc21. The summed E-state index contributed by atoms with van der Waals surface area (Å²) in [6.45, 7) is 1.35. The standard InChI is InChI=1S/C10H7NO3S3/c1-4(12)11-6-2-5(13)3-7(14)8(6)9(15)17-10(11)16/h2-3,13-14H,1H3. The minimum absolute atomic E-state index is 0.148. The number of benzene rings is 1. The largest absolute Gasteiger partial charge is 0.508 e. The van der Waals surface area contributed by atoms with Gasteiger partial charge < -0.3 is 10.2 Å². The molecule has 1 heterocycles. The summed E-state index contributed by atoms with van der Waals surface area (Å²) in [4.78, 5) is 11.5. The molecule has 1 aromatic heterocycles. The van der Waals surface area contributed by atoms with E-state index in [9.17, 15) is 15.0 Å². The molecule has 2 aromatic rings. The van der Waals surface area contributed by atoms with Crippen LogP contribution >= 0.6 is 35.8 Å². The average Bonchev–Trinajstić information content (AvgIpc) is 2.13. The molecule has 17 heavy (non-hydrogen) atoms. The number of hydrogen-bond donors (Lipinski definition) is 2. The molecule has 0 aliphatic carbocycles. The predicted molar refractivity (Wildman–Crippen MR) is 71.1 cm³/mol. The molecule has 0 amide bonds. The maximum Gasteiger partial charge on any atom is 0.229 e. The van der Waals surface area contributed by atoms with E-state index in [-0.39, 0.29) is 17.4 Å². The highest BCUT2D eigenvalue weighted by Crippen LogP contribution is 2.32. The van der Waals surface area contributed by atoms with E-state index in [1.54, 1.807) is 0 Å². The number of rotatable bonds is 0. The van der Waals surface area contributed by atoms with Gasteiger partial charge in [0.2, 0.25) is 5.91 Å². The summed E-state index contributed by atoms with van der Waals surface area (Å²) in [6.07, 6.45) is 0. The Hall–Kier alpha value is -1.31. The van der Waals surface area contributed by atoms with Gasteiger partial charge in [0.1, 0.15) is 15.3 Å². The number of carbonyl (C=O) groups is 1. The molecule has 0 aliphatic heterocycles. The van der Waals surface area contributed by atoms with E-state index in [2.05, 4.69) is 0 Å². The summed E-state index contributed by atoms with van der Waals surface area (Å²) in [5.41, 5.74) is 0.323. The van der Waals surface area contributed by atoms with Crippen LogP contribution < -0.4 is 0 Å². The van der Waals surface area contributed by atoms with Gasteiger partial charge >= 0.3 is 0 Å². The predicted octanol–water partition coefficient (Wildman–Crippen LogP) is 3.23. The second-order valence-electron chi connectivity index (χ2n) is 3.37. The summed E-state index contributed by atoms with van der Waals surface area (Å²) >= 11 is 11.2. The smallest absolute Gasteiger partial charge is 0.229 e. The summed E-state index contributed by atoms with van der Waals surface area (Å²) in [6, 6.07) is 2.53. The zero-order valence-corrected chi connectivity index (χ0v) is 11.1. The van der Waals surface area contributed by atoms with E-state index in [0.29, 0.717) is 18.7 Å². The third-order valence-electron chi connectivity index (χ3n) is 2.20. The number of phenolic OH excluding ortho intramolecular Hbond substituents is 2. The monoisotopic (exact) mass is 285 g/mol. The van der Waals surface area contributed by atoms with Crippen LogP contribution in [0.15, 0.2) is 12.1 Å². The minimum atomic E-state index is -0.295. The molecule has 0 spiro atoms. The Kier molecular flexibility index (Phi) is 2.98. The van der Waals surface area contributed by atoms with Gasteiger partial charge in [-0.2, -0.15) is 0 Å². The number of nitrogens with zero attached hydrogens (tertiary/aromatic N) is 1. The third kappa shape index (κ3) is 1.97. The van der Waals surface area contributed by atoms with Crippen LogP contribution in [0.5, 0.6) is 11.5 Å². The lowest BCUT2D eigenvalue weighted by Crippen LogP contribution is -2.07. The zero-order valence-electron chi connectivity index (χ0n) is 8.63. The molecule has 0 fully saturated rings. The van der Waals surface area contributed by atoms with Crippen molar-refractivity contribution in [2.75, 3.05) is 0 Å². The van der Waals surface area contributed by atoms with Crippen LogP contribution in [0.2, 0.25) is 0 Å². The molecule has 7 heteroatoms. The molecular formula is C10H7NO3S3. The number of aromatic nitrogens is 1. The lowest BCUT2D eigenvalue weighted by Gasteiger charge is -2.08. The van der Waals surface area contributed by atoms with Gasteiger partial charge in [-0.25, -0.2) is 0 Å². The van der Waals surface area contributed by atoms with E-state index in [1.807, 2.05) is 0 Å². The molecule has 2 rings (SSSR count). The first-order valence-electron chi connectivity index (χ1n) is 4.54. The van der Waals surface area contributed by atoms with Crippen LogP contribution in [0.25, 0.3) is 10.9 Å². The maximum atomic E-state index is 11.5. The molecule has 0 atom stereocenters. The van der Waals surface area contributed by atoms with Gasteiger partial charge in [0.05, 0.1) is 10.9 Å². The number of hydrogen-bond acceptors (Lipinski definition) is 6. The molecule has 0 saturated heterocycles. The fraction of sp³-hybridized carbons (Fsp3) is 0.100. The van der Waals surface area contributed by atoms with Crippen molar-refractivity contribution in [2.45, 2.75) is 6.92 Å². The van der Waals surface area contributed by atoms with Gasteiger partial charge in [0.15, 0.2) is 3.95 Å². The summed E-state index contributed by atoms with van der Waals surface area (Å²) < 4.78 is 1.92. The van der Waals surface area contributed by atoms with Gasteiger partial charge in [0.25, 0.3) is 0 Å². The van der Waals surface area contributed by atoms with Crippen LogP contribution in [0.3, 0.4) is 0 Å². The molecule has 0 saturated carbocycles. The molecule has 4 nitrogen and oxygen atoms in total. The second-order valence-corrected chi connectivity index (χ2v) is 5.68. The van der Waals surface area contributed by atoms with Crippen molar-refractivity contribution >= 4 is 52.6 Å². The summed E-state index contributed by atoms with van der Waals surface area (Å²) in [7, 11) is 0. The van der Waals surface area contributed by atoms with Gasteiger partial charge in [-0.3, -0.25) is 9.36 Å². The molecule has 0 radical (unpaired) electrons. The Labute approximate surface area is 110 Å². The average molecular weight is 285 g/mol. The van der Waals surface area contributed by atoms with Gasteiger partial charge in [-0.15, -0.1) is 0 Å². The molecule has 0 unspecified atom stereocenters. The van der Waals surface area contributed by atoms with E-state index >= 15 is 0 Å². The van der Waals surface area contributed by atoms with Gasteiger partial charge in [-0.1, -0.05) is 23.6 Å². The first-order valence-corrected chi connectivity index (χ1v) is 6.18. The molecule has 0 aliphatic rings. The highest BCUT2D eigenvalue weighted by atomic mass is 32.2. The summed E-state index contributed by atoms with van der Waals surface area (Å²) in [5.74, 6) is -0.604. The van der Waals surface area contributed by atoms with Crippen LogP contribution in [0.1, 0.15) is 11.7 Å². The minimum Gasteiger partial charge on any atom is -0.508 e. The molecule has 2 N–H and O–H groups in total. The fourth-order valence-electron chi connectivity index (χ4n) is 1.56. The fourth-order valence-corrected chi connectivity index (χ4v) is 3.42. The van der Waals surface area contributed by atoms with Crippen molar-refractivity contribution in [1.29, 1.82) is 0 Å². The molecular weight excluding hydrogens is 278 g/mol. The van der Waals surface area contributed by atoms with Crippen molar-refractivity contribution in [3.05, 3.63) is 19.9 Å². The molecule has 1 aromatic carbocycles. The Morgan fingerprint density at radius 2 is 2.00 bits per heavy atom. The maximum absolute atomic E-state index is 11.5. The Bertz CT molecular complexity index is 745. The lowest BCUT2D eigenvalue weighted by atomic mass is 10.2. The molecule has 0 bridgehead atoms. The quantitative estimate of drug-likeness (QED) is 0.728. The van der Waals surface area contributed by atoms with Crippen molar-refractivity contribution in [3.8, 4) is 11.5 Å². The first kappa shape index (κ1) is 12.2. The highest BCUT2D eigenvalue weighted by Gasteiger charge is 2.12. The van der Waals surface area contributed by atoms with Gasteiger partial charge in [-0.05, 0) is 12.2 Å². The Morgan fingerprint density at radius 1 is 1.35 bits per heavy atom. The van der Waals surface area contributed by atoms with Crippen LogP contribution in [0.4, 0.5) is 0 Å². The van der Waals surface area contributed by atoms with Crippen molar-refractivity contribution in [1.82, 2.24) is 4.57 Å². The van der Waals surface area contributed by atoms with Gasteiger partial charge in [0, 0.05) is 19.1 Å². The number of fused-ring (bicyclic) bond motifs is 1. The van der Waals surface area contributed by atoms with Crippen LogP contribution in [-0.4, -0.2) is 20.7 Å². The Morgan fingerprint density at radius 3 is 2.59 bits per heavy atom. The number of aromatic hydroxyl groups is 2. The van der Waals surface area contributed by atoms with Crippen molar-refractivity contribution < 1.29 is 15.0 Å². The van der Waals surface area contributed by atoms with E-state index in [4.69, 9.17) is 24.4 Å². The van der Waals surface area contributed by atoms with Crippen molar-refractivity contribution in [3.63, 3.8) is 0 Å². The number of carbonyl (C=O) groups excluding carboxylic acids is 1. The lowest BCUT2D eigenvalue weighted by molar-refractivity contribution is 0.0940. The normalized spacial score (nSPS) is 10.6. The third-order valence-corrected chi connectivity index (χ3v) is 3.84. The highest BCUT2D eigenvalue weighted by molar-refractivity contribution is 7.76. The summed E-state index contributed by atoms with van der Waals surface area (Å²) in [5, 5.41) is 19.6. The Balaban J connectivity index is 3.17. The first-order chi connectivity index (χ1) is 7.91. The van der Waals surface area contributed by atoms with E-state index in [1.165, 1.54) is 23.6 Å². The van der Waals surface area contributed by atoms with Crippen LogP contribution in [0, 0.1) is 7.78 Å².